The molecule has 33 heavy (non-hydrogen) atoms. The Bertz CT molecular complexity index is 970. The van der Waals surface area contributed by atoms with E-state index in [-0.39, 0.29) is 29.5 Å². The van der Waals surface area contributed by atoms with Crippen LogP contribution < -0.4 is 10.6 Å². The minimum absolute atomic E-state index is 0.0827. The van der Waals surface area contributed by atoms with Crippen LogP contribution in [0.4, 0.5) is 0 Å². The number of carbonyl (C=O) groups excluding carboxylic acids is 3. The molecule has 2 fully saturated rings. The lowest BCUT2D eigenvalue weighted by Crippen LogP contribution is -2.48. The van der Waals surface area contributed by atoms with Gasteiger partial charge >= 0.3 is 0 Å². The van der Waals surface area contributed by atoms with Gasteiger partial charge in [0.15, 0.2) is 0 Å². The maximum Gasteiger partial charge on any atom is 0.270 e. The number of carbonyl (C=O) groups is 3. The molecule has 1 saturated heterocycles. The monoisotopic (exact) mass is 449 g/mol. The third kappa shape index (κ3) is 6.34. The van der Waals surface area contributed by atoms with Crippen LogP contribution in [0.5, 0.6) is 0 Å². The van der Waals surface area contributed by atoms with Gasteiger partial charge in [-0.05, 0) is 55.9 Å². The molecule has 2 aliphatic rings. The van der Waals surface area contributed by atoms with Gasteiger partial charge in [0.25, 0.3) is 11.8 Å². The second-order valence-electron chi connectivity index (χ2n) is 8.88. The van der Waals surface area contributed by atoms with Crippen molar-refractivity contribution in [2.24, 2.45) is 5.92 Å². The van der Waals surface area contributed by atoms with Crippen LogP contribution in [0.1, 0.15) is 61.1 Å². The first-order chi connectivity index (χ1) is 16.1. The Labute approximate surface area is 194 Å². The molecule has 1 aliphatic heterocycles. The highest BCUT2D eigenvalue weighted by Gasteiger charge is 2.28. The average Bonchev–Trinajstić information content (AvgIpc) is 3.53. The van der Waals surface area contributed by atoms with E-state index < -0.39 is 0 Å². The van der Waals surface area contributed by atoms with E-state index in [1.54, 1.807) is 47.4 Å². The fourth-order valence-electron chi connectivity index (χ4n) is 4.61. The summed E-state index contributed by atoms with van der Waals surface area (Å²) in [5, 5.41) is 5.90. The molecule has 7 heteroatoms. The molecule has 3 amide bonds. The second-order valence-corrected chi connectivity index (χ2v) is 8.88. The Morgan fingerprint density at radius 3 is 2.36 bits per heavy atom. The number of furan rings is 1. The Morgan fingerprint density at radius 1 is 0.970 bits per heavy atom. The van der Waals surface area contributed by atoms with Crippen LogP contribution in [0.15, 0.2) is 58.8 Å². The first kappa shape index (κ1) is 22.8. The zero-order chi connectivity index (χ0) is 23.0. The summed E-state index contributed by atoms with van der Waals surface area (Å²) in [6.07, 6.45) is 9.84. The molecule has 2 heterocycles. The van der Waals surface area contributed by atoms with Gasteiger partial charge in [0, 0.05) is 37.2 Å². The lowest BCUT2D eigenvalue weighted by Gasteiger charge is -2.33. The molecule has 2 aromatic rings. The fraction of sp³-hybridized carbons (Fsp3) is 0.423. The predicted octanol–water partition coefficient (Wildman–Crippen LogP) is 3.74. The summed E-state index contributed by atoms with van der Waals surface area (Å²) in [4.78, 5) is 40.0. The third-order valence-corrected chi connectivity index (χ3v) is 6.44. The van der Waals surface area contributed by atoms with Gasteiger partial charge in [-0.3, -0.25) is 14.4 Å². The van der Waals surface area contributed by atoms with Gasteiger partial charge in [-0.15, -0.1) is 0 Å². The smallest absolute Gasteiger partial charge is 0.270 e. The first-order valence-electron chi connectivity index (χ1n) is 11.8. The quantitative estimate of drug-likeness (QED) is 0.630. The number of likely N-dealkylation sites (tertiary alicyclic amines) is 1. The van der Waals surface area contributed by atoms with Crippen molar-refractivity contribution in [2.45, 2.75) is 51.0 Å². The molecule has 0 unspecified atom stereocenters. The van der Waals surface area contributed by atoms with Crippen LogP contribution in [0.3, 0.4) is 0 Å². The third-order valence-electron chi connectivity index (χ3n) is 6.44. The number of hydrogen-bond donors (Lipinski definition) is 2. The van der Waals surface area contributed by atoms with E-state index in [9.17, 15) is 14.4 Å². The summed E-state index contributed by atoms with van der Waals surface area (Å²) in [6.45, 7) is 1.04. The molecule has 4 rings (SSSR count). The van der Waals surface area contributed by atoms with E-state index in [2.05, 4.69) is 10.6 Å². The maximum absolute atomic E-state index is 13.3. The van der Waals surface area contributed by atoms with E-state index >= 15 is 0 Å². The zero-order valence-electron chi connectivity index (χ0n) is 18.8. The van der Waals surface area contributed by atoms with Crippen molar-refractivity contribution < 1.29 is 18.8 Å². The van der Waals surface area contributed by atoms with Crippen LogP contribution in [-0.4, -0.2) is 41.8 Å². The topological polar surface area (TPSA) is 91.7 Å². The molecule has 1 aromatic heterocycles. The van der Waals surface area contributed by atoms with Crippen molar-refractivity contribution in [3.63, 3.8) is 0 Å². The van der Waals surface area contributed by atoms with Gasteiger partial charge in [-0.1, -0.05) is 31.0 Å². The molecule has 1 aromatic carbocycles. The first-order valence-corrected chi connectivity index (χ1v) is 11.8. The summed E-state index contributed by atoms with van der Waals surface area (Å²) in [6, 6.07) is 12.3. The number of hydrogen-bond acceptors (Lipinski definition) is 4. The number of benzene rings is 1. The Balaban J connectivity index is 1.35. The lowest BCUT2D eigenvalue weighted by atomic mass is 10.0. The van der Waals surface area contributed by atoms with Gasteiger partial charge in [-0.2, -0.15) is 0 Å². The number of amides is 3. The highest BCUT2D eigenvalue weighted by Crippen LogP contribution is 2.27. The van der Waals surface area contributed by atoms with E-state index in [1.165, 1.54) is 19.1 Å². The van der Waals surface area contributed by atoms with Crippen LogP contribution in [0.25, 0.3) is 6.08 Å². The predicted molar refractivity (Wildman–Crippen MR) is 125 cm³/mol. The highest BCUT2D eigenvalue weighted by molar-refractivity contribution is 6.05. The van der Waals surface area contributed by atoms with Gasteiger partial charge < -0.3 is 20.0 Å². The normalized spacial score (nSPS) is 17.7. The molecule has 0 radical (unpaired) electrons. The van der Waals surface area contributed by atoms with Gasteiger partial charge in [0.1, 0.15) is 11.5 Å². The van der Waals surface area contributed by atoms with Crippen LogP contribution in [0, 0.1) is 5.92 Å². The summed E-state index contributed by atoms with van der Waals surface area (Å²) in [7, 11) is 0. The summed E-state index contributed by atoms with van der Waals surface area (Å²) >= 11 is 0. The molecule has 2 N–H and O–H groups in total. The molecule has 1 saturated carbocycles. The maximum atomic E-state index is 13.3. The van der Waals surface area contributed by atoms with Crippen molar-refractivity contribution in [1.82, 2.24) is 15.5 Å². The SMILES string of the molecule is O=C(CC1CCCC1)NC1CCN(C(=O)C(=Cc2ccco2)NC(=O)c2ccccc2)CC1. The molecule has 1 aliphatic carbocycles. The van der Waals surface area contributed by atoms with Crippen LogP contribution >= 0.6 is 0 Å². The van der Waals surface area contributed by atoms with E-state index in [0.29, 0.717) is 49.6 Å². The van der Waals surface area contributed by atoms with E-state index in [0.717, 1.165) is 12.8 Å². The zero-order valence-corrected chi connectivity index (χ0v) is 18.8. The van der Waals surface area contributed by atoms with Crippen molar-refractivity contribution in [3.05, 3.63) is 65.7 Å². The largest absolute Gasteiger partial charge is 0.465 e. The van der Waals surface area contributed by atoms with Crippen molar-refractivity contribution in [3.8, 4) is 0 Å². The summed E-state index contributed by atoms with van der Waals surface area (Å²) in [5.74, 6) is 0.525. The van der Waals surface area contributed by atoms with Gasteiger partial charge in [-0.25, -0.2) is 0 Å². The number of nitrogens with zero attached hydrogens (tertiary/aromatic N) is 1. The van der Waals surface area contributed by atoms with Crippen molar-refractivity contribution in [2.75, 3.05) is 13.1 Å². The van der Waals surface area contributed by atoms with Crippen LogP contribution in [0.2, 0.25) is 0 Å². The van der Waals surface area contributed by atoms with E-state index in [1.807, 2.05) is 6.07 Å². The minimum atomic E-state index is -0.351. The molecule has 0 spiro atoms. The van der Waals surface area contributed by atoms with Crippen LogP contribution in [-0.2, 0) is 9.59 Å². The van der Waals surface area contributed by atoms with Gasteiger partial charge in [0.05, 0.1) is 6.26 Å². The summed E-state index contributed by atoms with van der Waals surface area (Å²) < 4.78 is 5.36. The molecular formula is C26H31N3O4. The number of nitrogens with one attached hydrogen (secondary N) is 2. The number of rotatable bonds is 7. The fourth-order valence-corrected chi connectivity index (χ4v) is 4.61. The minimum Gasteiger partial charge on any atom is -0.465 e. The molecule has 0 bridgehead atoms. The lowest BCUT2D eigenvalue weighted by molar-refractivity contribution is -0.128. The Kier molecular flexibility index (Phi) is 7.60. The molecular weight excluding hydrogens is 418 g/mol. The van der Waals surface area contributed by atoms with E-state index in [4.69, 9.17) is 4.42 Å². The molecule has 7 nitrogen and oxygen atoms in total. The second kappa shape index (κ2) is 11.0. The average molecular weight is 450 g/mol. The van der Waals surface area contributed by atoms with Crippen molar-refractivity contribution >= 4 is 23.8 Å². The molecule has 0 atom stereocenters. The Morgan fingerprint density at radius 2 is 1.70 bits per heavy atom. The van der Waals surface area contributed by atoms with Crippen molar-refractivity contribution in [1.29, 1.82) is 0 Å². The molecule has 174 valence electrons. The Hall–Kier alpha value is -3.35. The standard InChI is InChI=1S/C26H31N3O4/c30-24(17-19-7-4-5-8-19)27-21-12-14-29(15-13-21)26(32)23(18-22-11-6-16-33-22)28-25(31)20-9-2-1-3-10-20/h1-3,6,9-11,16,18-19,21H,4-5,7-8,12-15,17H2,(H,27,30)(H,28,31). The highest BCUT2D eigenvalue weighted by atomic mass is 16.3. The summed E-state index contributed by atoms with van der Waals surface area (Å²) in [5.41, 5.74) is 0.641. The number of piperidine rings is 1. The van der Waals surface area contributed by atoms with Gasteiger partial charge in [0.2, 0.25) is 5.91 Å².